The van der Waals surface area contributed by atoms with Crippen molar-refractivity contribution in [2.24, 2.45) is 0 Å². The maximum absolute atomic E-state index is 10.8. The van der Waals surface area contributed by atoms with Crippen molar-refractivity contribution >= 4 is 5.78 Å². The first kappa shape index (κ1) is 8.59. The van der Waals surface area contributed by atoms with Crippen molar-refractivity contribution in [1.82, 2.24) is 0 Å². The molecule has 1 radical (unpaired) electrons. The summed E-state index contributed by atoms with van der Waals surface area (Å²) < 4.78 is 4.84. The van der Waals surface area contributed by atoms with Crippen LogP contribution in [0.25, 0.3) is 0 Å². The Balaban J connectivity index is 3.12. The van der Waals surface area contributed by atoms with Crippen molar-refractivity contribution in [2.45, 2.75) is 0 Å². The molecule has 0 saturated heterocycles. The van der Waals surface area contributed by atoms with Crippen LogP contribution >= 0.6 is 0 Å². The van der Waals surface area contributed by atoms with E-state index in [1.165, 1.54) is 19.2 Å². The maximum Gasteiger partial charge on any atom is 0.167 e. The van der Waals surface area contributed by atoms with Crippen molar-refractivity contribution in [2.75, 3.05) is 7.11 Å². The number of aromatic hydroxyl groups is 1. The van der Waals surface area contributed by atoms with Gasteiger partial charge < -0.3 is 9.84 Å². The number of methoxy groups -OCH3 is 1. The van der Waals surface area contributed by atoms with Gasteiger partial charge in [-0.1, -0.05) is 0 Å². The van der Waals surface area contributed by atoms with Gasteiger partial charge in [0.15, 0.2) is 5.78 Å². The van der Waals surface area contributed by atoms with Gasteiger partial charge in [-0.25, -0.2) is 0 Å². The highest BCUT2D eigenvalue weighted by Crippen LogP contribution is 2.23. The summed E-state index contributed by atoms with van der Waals surface area (Å²) in [5.41, 5.74) is 0.204. The van der Waals surface area contributed by atoms with Gasteiger partial charge >= 0.3 is 0 Å². The quantitative estimate of drug-likeness (QED) is 0.674. The summed E-state index contributed by atoms with van der Waals surface area (Å²) in [5, 5.41) is 9.25. The Hall–Kier alpha value is -1.51. The number of rotatable bonds is 2. The van der Waals surface area contributed by atoms with E-state index in [2.05, 4.69) is 6.92 Å². The van der Waals surface area contributed by atoms with Gasteiger partial charge in [-0.3, -0.25) is 4.79 Å². The third-order valence-electron chi connectivity index (χ3n) is 1.51. The van der Waals surface area contributed by atoms with Crippen LogP contribution in [0.4, 0.5) is 0 Å². The average molecular weight is 165 g/mol. The zero-order chi connectivity index (χ0) is 9.14. The molecule has 1 N–H and O–H groups in total. The summed E-state index contributed by atoms with van der Waals surface area (Å²) in [6.07, 6.45) is 0. The lowest BCUT2D eigenvalue weighted by molar-refractivity contribution is 0.104. The Labute approximate surface area is 70.6 Å². The van der Waals surface area contributed by atoms with Gasteiger partial charge in [0.2, 0.25) is 0 Å². The smallest absolute Gasteiger partial charge is 0.167 e. The lowest BCUT2D eigenvalue weighted by Gasteiger charge is -2.02. The molecule has 63 valence electrons. The van der Waals surface area contributed by atoms with Gasteiger partial charge in [-0.2, -0.15) is 0 Å². The Morgan fingerprint density at radius 3 is 2.67 bits per heavy atom. The Bertz CT molecular complexity index is 305. The third-order valence-corrected chi connectivity index (χ3v) is 1.51. The monoisotopic (exact) mass is 165 g/mol. The van der Waals surface area contributed by atoms with Gasteiger partial charge in [0.25, 0.3) is 0 Å². The molecule has 0 saturated carbocycles. The van der Waals surface area contributed by atoms with Crippen LogP contribution in [-0.2, 0) is 0 Å². The van der Waals surface area contributed by atoms with Gasteiger partial charge in [0, 0.05) is 13.0 Å². The van der Waals surface area contributed by atoms with E-state index in [-0.39, 0.29) is 11.3 Å². The second kappa shape index (κ2) is 3.26. The molecular weight excluding hydrogens is 156 g/mol. The van der Waals surface area contributed by atoms with Crippen LogP contribution in [0.2, 0.25) is 0 Å². The topological polar surface area (TPSA) is 46.5 Å². The molecule has 0 unspecified atom stereocenters. The van der Waals surface area contributed by atoms with E-state index >= 15 is 0 Å². The van der Waals surface area contributed by atoms with Crippen molar-refractivity contribution in [3.05, 3.63) is 30.7 Å². The number of ether oxygens (including phenoxy) is 1. The molecule has 1 aromatic carbocycles. The average Bonchev–Trinajstić information content (AvgIpc) is 2.03. The molecule has 3 nitrogen and oxygen atoms in total. The number of Topliss-reactive ketones (excluding diaryl/α,β-unsaturated/α-hetero) is 1. The molecule has 0 aliphatic heterocycles. The zero-order valence-corrected chi connectivity index (χ0v) is 6.70. The molecule has 0 aromatic heterocycles. The highest BCUT2D eigenvalue weighted by atomic mass is 16.5. The van der Waals surface area contributed by atoms with Crippen LogP contribution in [0.1, 0.15) is 10.4 Å². The summed E-state index contributed by atoms with van der Waals surface area (Å²) >= 11 is 0. The molecular formula is C9H9O3. The second-order valence-electron chi connectivity index (χ2n) is 2.31. The second-order valence-corrected chi connectivity index (χ2v) is 2.31. The van der Waals surface area contributed by atoms with Gasteiger partial charge in [-0.05, 0) is 12.1 Å². The van der Waals surface area contributed by atoms with E-state index in [9.17, 15) is 9.90 Å². The molecule has 1 aromatic rings. The van der Waals surface area contributed by atoms with E-state index < -0.39 is 5.78 Å². The van der Waals surface area contributed by atoms with Gasteiger partial charge in [-0.15, -0.1) is 0 Å². The van der Waals surface area contributed by atoms with Crippen molar-refractivity contribution in [3.63, 3.8) is 0 Å². The number of hydrogen-bond acceptors (Lipinski definition) is 3. The Kier molecular flexibility index (Phi) is 2.33. The fraction of sp³-hybridized carbons (Fsp3) is 0.111. The van der Waals surface area contributed by atoms with E-state index in [0.29, 0.717) is 5.75 Å². The van der Waals surface area contributed by atoms with E-state index in [1.54, 1.807) is 6.07 Å². The number of phenolic OH excluding ortho intramolecular Hbond substituents is 1. The number of phenols is 1. The number of ketones is 1. The first-order chi connectivity index (χ1) is 5.65. The third kappa shape index (κ3) is 1.56. The highest BCUT2D eigenvalue weighted by molar-refractivity contribution is 6.01. The Morgan fingerprint density at radius 1 is 1.58 bits per heavy atom. The fourth-order valence-electron chi connectivity index (χ4n) is 0.874. The molecule has 0 spiro atoms. The summed E-state index contributed by atoms with van der Waals surface area (Å²) in [5.74, 6) is 0.00185. The lowest BCUT2D eigenvalue weighted by Crippen LogP contribution is -1.93. The van der Waals surface area contributed by atoms with E-state index in [1.807, 2.05) is 0 Å². The zero-order valence-electron chi connectivity index (χ0n) is 6.70. The minimum atomic E-state index is -0.407. The fourth-order valence-corrected chi connectivity index (χ4v) is 0.874. The van der Waals surface area contributed by atoms with Crippen LogP contribution in [0.3, 0.4) is 0 Å². The van der Waals surface area contributed by atoms with Gasteiger partial charge in [0.1, 0.15) is 11.5 Å². The molecule has 0 aliphatic carbocycles. The largest absolute Gasteiger partial charge is 0.507 e. The van der Waals surface area contributed by atoms with Crippen LogP contribution in [0.5, 0.6) is 11.5 Å². The lowest BCUT2D eigenvalue weighted by atomic mass is 10.1. The number of benzene rings is 1. The molecule has 0 fully saturated rings. The molecule has 0 atom stereocenters. The normalized spacial score (nSPS) is 9.50. The molecule has 1 rings (SSSR count). The minimum Gasteiger partial charge on any atom is -0.507 e. The van der Waals surface area contributed by atoms with E-state index in [4.69, 9.17) is 4.74 Å². The predicted octanol–water partition coefficient (Wildman–Crippen LogP) is 1.42. The predicted molar refractivity (Wildman–Crippen MR) is 44.3 cm³/mol. The van der Waals surface area contributed by atoms with Crippen molar-refractivity contribution in [3.8, 4) is 11.5 Å². The molecule has 3 heteroatoms. The standard InChI is InChI=1S/C9H9O3/c1-6(10)8-4-3-7(12-2)5-9(8)11/h3-5,11H,1H2,2H3. The molecule has 12 heavy (non-hydrogen) atoms. The SMILES string of the molecule is [CH2]C(=O)c1ccc(OC)cc1O. The van der Waals surface area contributed by atoms with Crippen LogP contribution in [-0.4, -0.2) is 18.0 Å². The van der Waals surface area contributed by atoms with Crippen molar-refractivity contribution < 1.29 is 14.6 Å². The summed E-state index contributed by atoms with van der Waals surface area (Å²) in [7, 11) is 1.49. The van der Waals surface area contributed by atoms with Crippen LogP contribution < -0.4 is 4.74 Å². The van der Waals surface area contributed by atoms with Crippen LogP contribution in [0, 0.1) is 6.92 Å². The van der Waals surface area contributed by atoms with E-state index in [0.717, 1.165) is 0 Å². The number of carbonyl (C=O) groups excluding carboxylic acids is 1. The number of carbonyl (C=O) groups is 1. The Morgan fingerprint density at radius 2 is 2.25 bits per heavy atom. The van der Waals surface area contributed by atoms with Crippen LogP contribution in [0.15, 0.2) is 18.2 Å². The maximum atomic E-state index is 10.8. The number of hydrogen-bond donors (Lipinski definition) is 1. The minimum absolute atomic E-state index is 0.102. The molecule has 0 heterocycles. The first-order valence-corrected chi connectivity index (χ1v) is 3.38. The summed E-state index contributed by atoms with van der Waals surface area (Å²) in [6.45, 7) is 3.19. The summed E-state index contributed by atoms with van der Waals surface area (Å²) in [4.78, 5) is 10.8. The molecule has 0 bridgehead atoms. The molecule has 0 amide bonds. The summed E-state index contributed by atoms with van der Waals surface area (Å²) in [6, 6.07) is 4.44. The van der Waals surface area contributed by atoms with Gasteiger partial charge in [0.05, 0.1) is 12.7 Å². The van der Waals surface area contributed by atoms with Crippen molar-refractivity contribution in [1.29, 1.82) is 0 Å². The highest BCUT2D eigenvalue weighted by Gasteiger charge is 2.06. The molecule has 0 aliphatic rings. The first-order valence-electron chi connectivity index (χ1n) is 3.38.